The summed E-state index contributed by atoms with van der Waals surface area (Å²) in [5, 5.41) is 13.4. The van der Waals surface area contributed by atoms with Crippen LogP contribution in [0.15, 0.2) is 41.6 Å². The summed E-state index contributed by atoms with van der Waals surface area (Å²) in [6.45, 7) is 1.83. The van der Waals surface area contributed by atoms with Gasteiger partial charge in [-0.3, -0.25) is 4.79 Å². The minimum atomic E-state index is -0.433. The zero-order valence-electron chi connectivity index (χ0n) is 15.8. The number of aromatic nitrogens is 3. The molecule has 11 heteroatoms. The number of benzene rings is 2. The molecule has 0 radical (unpaired) electrons. The van der Waals surface area contributed by atoms with Crippen LogP contribution in [0, 0.1) is 0 Å². The van der Waals surface area contributed by atoms with E-state index in [2.05, 4.69) is 15.5 Å². The summed E-state index contributed by atoms with van der Waals surface area (Å²) in [7, 11) is 1.80. The molecule has 3 rings (SSSR count). The minimum Gasteiger partial charge on any atom is -0.481 e. The van der Waals surface area contributed by atoms with Gasteiger partial charge in [0.1, 0.15) is 5.75 Å². The van der Waals surface area contributed by atoms with Crippen molar-refractivity contribution in [3.05, 3.63) is 62.3 Å². The van der Waals surface area contributed by atoms with Crippen molar-refractivity contribution >= 4 is 69.8 Å². The molecule has 158 valence electrons. The monoisotopic (exact) mass is 504 g/mol. The number of carbonyl (C=O) groups is 1. The molecule has 0 aliphatic rings. The Kier molecular flexibility index (Phi) is 7.76. The summed E-state index contributed by atoms with van der Waals surface area (Å²) in [6.07, 6.45) is -0.433. The lowest BCUT2D eigenvalue weighted by Gasteiger charge is -2.15. The van der Waals surface area contributed by atoms with E-state index in [9.17, 15) is 4.79 Å². The van der Waals surface area contributed by atoms with Crippen molar-refractivity contribution in [1.82, 2.24) is 14.8 Å². The molecule has 6 nitrogen and oxygen atoms in total. The summed E-state index contributed by atoms with van der Waals surface area (Å²) in [6, 6.07) is 9.87. The average molecular weight is 506 g/mol. The van der Waals surface area contributed by atoms with E-state index in [0.717, 1.165) is 0 Å². The van der Waals surface area contributed by atoms with Crippen LogP contribution in [0.2, 0.25) is 20.1 Å². The Balaban J connectivity index is 1.61. The van der Waals surface area contributed by atoms with Gasteiger partial charge in [-0.2, -0.15) is 0 Å². The first kappa shape index (κ1) is 23.0. The Morgan fingerprint density at radius 1 is 1.10 bits per heavy atom. The number of hydrogen-bond donors (Lipinski definition) is 1. The van der Waals surface area contributed by atoms with Crippen LogP contribution in [0.1, 0.15) is 18.9 Å². The number of amides is 1. The van der Waals surface area contributed by atoms with E-state index in [1.165, 1.54) is 11.8 Å². The predicted octanol–water partition coefficient (Wildman–Crippen LogP) is 6.30. The van der Waals surface area contributed by atoms with Crippen LogP contribution >= 0.6 is 58.2 Å². The Morgan fingerprint density at radius 2 is 1.83 bits per heavy atom. The maximum Gasteiger partial charge on any atom is 0.234 e. The van der Waals surface area contributed by atoms with E-state index in [1.54, 1.807) is 48.0 Å². The number of rotatable bonds is 7. The van der Waals surface area contributed by atoms with Crippen molar-refractivity contribution in [3.8, 4) is 5.75 Å². The average Bonchev–Trinajstić information content (AvgIpc) is 3.06. The van der Waals surface area contributed by atoms with Gasteiger partial charge in [0.05, 0.1) is 20.8 Å². The van der Waals surface area contributed by atoms with Gasteiger partial charge in [0.2, 0.25) is 5.91 Å². The van der Waals surface area contributed by atoms with Crippen molar-refractivity contribution < 1.29 is 9.53 Å². The molecule has 1 amide bonds. The van der Waals surface area contributed by atoms with Gasteiger partial charge in [0.25, 0.3) is 0 Å². The topological polar surface area (TPSA) is 69.0 Å². The number of nitrogens with one attached hydrogen (secondary N) is 1. The molecule has 1 atom stereocenters. The Labute approximate surface area is 197 Å². The van der Waals surface area contributed by atoms with Gasteiger partial charge in [-0.15, -0.1) is 10.2 Å². The zero-order chi connectivity index (χ0) is 21.8. The second-order valence-corrected chi connectivity index (χ2v) is 8.80. The molecule has 0 aliphatic carbocycles. The summed E-state index contributed by atoms with van der Waals surface area (Å²) in [4.78, 5) is 12.2. The Morgan fingerprint density at radius 3 is 2.57 bits per heavy atom. The molecule has 0 fully saturated rings. The molecule has 1 unspecified atom stereocenters. The lowest BCUT2D eigenvalue weighted by atomic mass is 10.3. The number of ether oxygens (including phenoxy) is 1. The van der Waals surface area contributed by atoms with E-state index in [4.69, 9.17) is 51.1 Å². The van der Waals surface area contributed by atoms with E-state index < -0.39 is 6.10 Å². The molecule has 0 spiro atoms. The van der Waals surface area contributed by atoms with E-state index in [-0.39, 0.29) is 11.7 Å². The molecule has 1 N–H and O–H groups in total. The van der Waals surface area contributed by atoms with Gasteiger partial charge >= 0.3 is 0 Å². The maximum atomic E-state index is 12.2. The molecule has 1 heterocycles. The van der Waals surface area contributed by atoms with E-state index >= 15 is 0 Å². The fourth-order valence-corrected chi connectivity index (χ4v) is 3.86. The second kappa shape index (κ2) is 10.1. The lowest BCUT2D eigenvalue weighted by molar-refractivity contribution is -0.113. The van der Waals surface area contributed by atoms with Crippen LogP contribution in [0.25, 0.3) is 0 Å². The molecule has 0 bridgehead atoms. The first-order valence-electron chi connectivity index (χ1n) is 8.63. The van der Waals surface area contributed by atoms with Crippen LogP contribution < -0.4 is 10.1 Å². The van der Waals surface area contributed by atoms with Gasteiger partial charge in [-0.05, 0) is 37.3 Å². The van der Waals surface area contributed by atoms with Crippen LogP contribution in [0.4, 0.5) is 5.69 Å². The number of halogens is 4. The van der Waals surface area contributed by atoms with E-state index in [0.29, 0.717) is 42.5 Å². The first-order valence-corrected chi connectivity index (χ1v) is 11.1. The van der Waals surface area contributed by atoms with Crippen molar-refractivity contribution in [2.45, 2.75) is 18.2 Å². The van der Waals surface area contributed by atoms with Crippen LogP contribution in [-0.4, -0.2) is 26.4 Å². The number of nitrogens with zero attached hydrogens (tertiary/aromatic N) is 3. The third kappa shape index (κ3) is 5.74. The fourth-order valence-electron chi connectivity index (χ4n) is 2.52. The van der Waals surface area contributed by atoms with Gasteiger partial charge in [-0.25, -0.2) is 0 Å². The normalized spacial score (nSPS) is 11.9. The first-order chi connectivity index (χ1) is 14.2. The quantitative estimate of drug-likeness (QED) is 0.381. The highest BCUT2D eigenvalue weighted by Gasteiger charge is 2.19. The SMILES string of the molecule is CC(Oc1cc(Cl)ccc1Cl)c1nnc(SCC(=O)Nc2ccc(Cl)c(Cl)c2)n1C. The summed E-state index contributed by atoms with van der Waals surface area (Å²) in [5.74, 6) is 0.966. The lowest BCUT2D eigenvalue weighted by Crippen LogP contribution is -2.15. The smallest absolute Gasteiger partial charge is 0.234 e. The maximum absolute atomic E-state index is 12.2. The number of thioether (sulfide) groups is 1. The molecular formula is C19H16Cl4N4O2S. The number of carbonyl (C=O) groups excluding carboxylic acids is 1. The predicted molar refractivity (Wildman–Crippen MR) is 122 cm³/mol. The minimum absolute atomic E-state index is 0.140. The van der Waals surface area contributed by atoms with Crippen molar-refractivity contribution in [3.63, 3.8) is 0 Å². The number of anilines is 1. The highest BCUT2D eigenvalue weighted by molar-refractivity contribution is 7.99. The summed E-state index contributed by atoms with van der Waals surface area (Å²) < 4.78 is 7.64. The van der Waals surface area contributed by atoms with Crippen LogP contribution in [-0.2, 0) is 11.8 Å². The molecule has 2 aromatic carbocycles. The summed E-state index contributed by atoms with van der Waals surface area (Å²) in [5.41, 5.74) is 0.564. The summed E-state index contributed by atoms with van der Waals surface area (Å²) >= 11 is 25.2. The van der Waals surface area contributed by atoms with Gasteiger partial charge < -0.3 is 14.6 Å². The molecule has 3 aromatic rings. The third-order valence-corrected chi connectivity index (χ3v) is 6.27. The van der Waals surface area contributed by atoms with Crippen LogP contribution in [0.5, 0.6) is 5.75 Å². The second-order valence-electron chi connectivity index (χ2n) is 6.20. The van der Waals surface area contributed by atoms with Crippen molar-refractivity contribution in [2.75, 3.05) is 11.1 Å². The highest BCUT2D eigenvalue weighted by Crippen LogP contribution is 2.32. The molecule has 0 saturated carbocycles. The molecule has 0 aliphatic heterocycles. The van der Waals surface area contributed by atoms with Gasteiger partial charge in [0.15, 0.2) is 17.1 Å². The van der Waals surface area contributed by atoms with Crippen molar-refractivity contribution in [1.29, 1.82) is 0 Å². The van der Waals surface area contributed by atoms with Crippen molar-refractivity contribution in [2.24, 2.45) is 7.05 Å². The van der Waals surface area contributed by atoms with Gasteiger partial charge in [0, 0.05) is 23.8 Å². The Hall–Kier alpha value is -1.64. The standard InChI is InChI=1S/C19H16Cl4N4O2S/c1-10(29-16-7-11(20)3-5-14(16)22)18-25-26-19(27(18)2)30-9-17(28)24-12-4-6-13(21)15(23)8-12/h3-8,10H,9H2,1-2H3,(H,24,28). The Bertz CT molecular complexity index is 1080. The molecule has 0 saturated heterocycles. The third-order valence-electron chi connectivity index (χ3n) is 3.96. The van der Waals surface area contributed by atoms with E-state index in [1.807, 2.05) is 6.92 Å². The largest absolute Gasteiger partial charge is 0.481 e. The zero-order valence-corrected chi connectivity index (χ0v) is 19.7. The fraction of sp³-hybridized carbons (Fsp3) is 0.211. The van der Waals surface area contributed by atoms with Gasteiger partial charge in [-0.1, -0.05) is 58.2 Å². The highest BCUT2D eigenvalue weighted by atomic mass is 35.5. The van der Waals surface area contributed by atoms with Crippen LogP contribution in [0.3, 0.4) is 0 Å². The molecule has 1 aromatic heterocycles. The molecule has 30 heavy (non-hydrogen) atoms. The number of hydrogen-bond acceptors (Lipinski definition) is 5. The molecular weight excluding hydrogens is 490 g/mol.